The maximum absolute atomic E-state index is 12.7. The lowest BCUT2D eigenvalue weighted by atomic mass is 10.1. The number of hydrogen-bond donors (Lipinski definition) is 1. The van der Waals surface area contributed by atoms with Crippen LogP contribution in [-0.2, 0) is 0 Å². The number of rotatable bonds is 5. The van der Waals surface area contributed by atoms with Crippen LogP contribution in [0, 0.1) is 0 Å². The molecule has 0 unspecified atom stereocenters. The summed E-state index contributed by atoms with van der Waals surface area (Å²) in [6, 6.07) is 18.6. The summed E-state index contributed by atoms with van der Waals surface area (Å²) >= 11 is 1.77. The second kappa shape index (κ2) is 7.38. The van der Waals surface area contributed by atoms with Gasteiger partial charge in [0, 0.05) is 17.0 Å². The molecule has 3 nitrogen and oxygen atoms in total. The van der Waals surface area contributed by atoms with Crippen LogP contribution in [0.3, 0.4) is 0 Å². The molecule has 1 fully saturated rings. The Kier molecular flexibility index (Phi) is 4.81. The molecule has 1 saturated heterocycles. The number of hydrogen-bond acceptors (Lipinski definition) is 3. The molecule has 0 aliphatic carbocycles. The van der Waals surface area contributed by atoms with E-state index in [1.807, 2.05) is 36.4 Å². The Balaban J connectivity index is 1.48. The summed E-state index contributed by atoms with van der Waals surface area (Å²) in [5.74, 6) is 0.00602. The van der Waals surface area contributed by atoms with Crippen molar-refractivity contribution in [2.24, 2.45) is 0 Å². The van der Waals surface area contributed by atoms with Gasteiger partial charge in [0.1, 0.15) is 0 Å². The second-order valence-corrected chi connectivity index (χ2v) is 7.53. The highest BCUT2D eigenvalue weighted by atomic mass is 32.1. The standard InChI is InChI=1S/C21H22N2OS/c24-21(18-10-9-16-6-1-2-7-17(16)14-18)22-15-19(20-8-5-13-25-20)23-11-3-4-12-23/h1-2,5-10,13-14,19H,3-4,11-12,15H2,(H,22,24)/t19-/m0/s1. The summed E-state index contributed by atoms with van der Waals surface area (Å²) in [6.45, 7) is 2.90. The molecule has 0 radical (unpaired) electrons. The fourth-order valence-electron chi connectivity index (χ4n) is 3.57. The molecule has 0 bridgehead atoms. The Morgan fingerprint density at radius 1 is 1.04 bits per heavy atom. The molecule has 2 heterocycles. The first-order valence-corrected chi connectivity index (χ1v) is 9.74. The van der Waals surface area contributed by atoms with Gasteiger partial charge in [-0.1, -0.05) is 36.4 Å². The average Bonchev–Trinajstić information content (AvgIpc) is 3.36. The Labute approximate surface area is 152 Å². The van der Waals surface area contributed by atoms with Crippen molar-refractivity contribution in [3.63, 3.8) is 0 Å². The van der Waals surface area contributed by atoms with Crippen LogP contribution in [0.1, 0.15) is 34.1 Å². The molecule has 1 N–H and O–H groups in total. The first-order valence-electron chi connectivity index (χ1n) is 8.86. The van der Waals surface area contributed by atoms with Crippen molar-refractivity contribution < 1.29 is 4.79 Å². The van der Waals surface area contributed by atoms with Gasteiger partial charge in [-0.25, -0.2) is 0 Å². The smallest absolute Gasteiger partial charge is 0.251 e. The summed E-state index contributed by atoms with van der Waals surface area (Å²) in [6.07, 6.45) is 2.50. The molecule has 1 aliphatic heterocycles. The summed E-state index contributed by atoms with van der Waals surface area (Å²) in [5, 5.41) is 7.53. The molecule has 3 aromatic rings. The number of carbonyl (C=O) groups excluding carboxylic acids is 1. The van der Waals surface area contributed by atoms with Crippen LogP contribution >= 0.6 is 11.3 Å². The van der Waals surface area contributed by atoms with Crippen molar-refractivity contribution in [3.8, 4) is 0 Å². The van der Waals surface area contributed by atoms with E-state index in [1.165, 1.54) is 17.7 Å². The topological polar surface area (TPSA) is 32.3 Å². The highest BCUT2D eigenvalue weighted by Gasteiger charge is 2.24. The van der Waals surface area contributed by atoms with E-state index in [-0.39, 0.29) is 11.9 Å². The fraction of sp³-hybridized carbons (Fsp3) is 0.286. The lowest BCUT2D eigenvalue weighted by Crippen LogP contribution is -2.36. The monoisotopic (exact) mass is 350 g/mol. The highest BCUT2D eigenvalue weighted by molar-refractivity contribution is 7.10. The molecule has 1 aromatic heterocycles. The first-order chi connectivity index (χ1) is 12.3. The van der Waals surface area contributed by atoms with E-state index in [1.54, 1.807) is 11.3 Å². The molecule has 1 aliphatic rings. The van der Waals surface area contributed by atoms with Crippen LogP contribution in [0.2, 0.25) is 0 Å². The fourth-order valence-corrected chi connectivity index (χ4v) is 4.43. The molecule has 1 amide bonds. The third-order valence-electron chi connectivity index (χ3n) is 4.92. The normalized spacial score (nSPS) is 16.2. The van der Waals surface area contributed by atoms with Gasteiger partial charge in [-0.05, 0) is 60.3 Å². The van der Waals surface area contributed by atoms with Crippen molar-refractivity contribution in [1.29, 1.82) is 0 Å². The quantitative estimate of drug-likeness (QED) is 0.736. The molecule has 128 valence electrons. The maximum Gasteiger partial charge on any atom is 0.251 e. The van der Waals surface area contributed by atoms with Gasteiger partial charge in [0.2, 0.25) is 0 Å². The van der Waals surface area contributed by atoms with E-state index in [9.17, 15) is 4.79 Å². The zero-order valence-corrected chi connectivity index (χ0v) is 15.0. The molecular formula is C21H22N2OS. The molecule has 25 heavy (non-hydrogen) atoms. The largest absolute Gasteiger partial charge is 0.350 e. The van der Waals surface area contributed by atoms with Gasteiger partial charge in [-0.2, -0.15) is 0 Å². The Morgan fingerprint density at radius 2 is 1.84 bits per heavy atom. The predicted molar refractivity (Wildman–Crippen MR) is 104 cm³/mol. The Morgan fingerprint density at radius 3 is 2.60 bits per heavy atom. The lowest BCUT2D eigenvalue weighted by Gasteiger charge is -2.27. The van der Waals surface area contributed by atoms with Crippen LogP contribution in [-0.4, -0.2) is 30.4 Å². The van der Waals surface area contributed by atoms with E-state index in [2.05, 4.69) is 33.8 Å². The lowest BCUT2D eigenvalue weighted by molar-refractivity contribution is 0.0938. The van der Waals surface area contributed by atoms with Gasteiger partial charge in [-0.3, -0.25) is 9.69 Å². The molecule has 4 heteroatoms. The zero-order valence-electron chi connectivity index (χ0n) is 14.2. The molecular weight excluding hydrogens is 328 g/mol. The van der Waals surface area contributed by atoms with Gasteiger partial charge >= 0.3 is 0 Å². The van der Waals surface area contributed by atoms with Crippen molar-refractivity contribution in [2.75, 3.05) is 19.6 Å². The summed E-state index contributed by atoms with van der Waals surface area (Å²) in [4.78, 5) is 16.5. The third-order valence-corrected chi connectivity index (χ3v) is 5.89. The van der Waals surface area contributed by atoms with Crippen molar-refractivity contribution in [2.45, 2.75) is 18.9 Å². The van der Waals surface area contributed by atoms with Crippen molar-refractivity contribution >= 4 is 28.0 Å². The highest BCUT2D eigenvalue weighted by Crippen LogP contribution is 2.28. The minimum absolute atomic E-state index is 0.00602. The van der Waals surface area contributed by atoms with Crippen LogP contribution in [0.25, 0.3) is 10.8 Å². The molecule has 2 aromatic carbocycles. The van der Waals surface area contributed by atoms with Gasteiger partial charge in [-0.15, -0.1) is 11.3 Å². The average molecular weight is 350 g/mol. The molecule has 1 atom stereocenters. The van der Waals surface area contributed by atoms with E-state index < -0.39 is 0 Å². The third kappa shape index (κ3) is 3.60. The van der Waals surface area contributed by atoms with Gasteiger partial charge < -0.3 is 5.32 Å². The number of fused-ring (bicyclic) bond motifs is 1. The molecule has 0 spiro atoms. The number of thiophene rings is 1. The maximum atomic E-state index is 12.7. The molecule has 4 rings (SSSR count). The minimum Gasteiger partial charge on any atom is -0.350 e. The Hall–Kier alpha value is -2.17. The van der Waals surface area contributed by atoms with E-state index in [4.69, 9.17) is 0 Å². The number of carbonyl (C=O) groups is 1. The van der Waals surface area contributed by atoms with Crippen molar-refractivity contribution in [3.05, 3.63) is 70.4 Å². The van der Waals surface area contributed by atoms with E-state index >= 15 is 0 Å². The van der Waals surface area contributed by atoms with Gasteiger partial charge in [0.05, 0.1) is 6.04 Å². The van der Waals surface area contributed by atoms with Crippen LogP contribution < -0.4 is 5.32 Å². The van der Waals surface area contributed by atoms with Crippen LogP contribution in [0.4, 0.5) is 0 Å². The van der Waals surface area contributed by atoms with Gasteiger partial charge in [0.25, 0.3) is 5.91 Å². The molecule has 0 saturated carbocycles. The number of nitrogens with one attached hydrogen (secondary N) is 1. The number of amides is 1. The number of nitrogens with zero attached hydrogens (tertiary/aromatic N) is 1. The van der Waals surface area contributed by atoms with Crippen LogP contribution in [0.5, 0.6) is 0 Å². The second-order valence-electron chi connectivity index (χ2n) is 6.55. The van der Waals surface area contributed by atoms with E-state index in [0.717, 1.165) is 29.4 Å². The Bertz CT molecular complexity index is 853. The summed E-state index contributed by atoms with van der Waals surface area (Å²) in [5.41, 5.74) is 0.727. The van der Waals surface area contributed by atoms with Crippen LogP contribution in [0.15, 0.2) is 60.0 Å². The first kappa shape index (κ1) is 16.3. The minimum atomic E-state index is 0.00602. The van der Waals surface area contributed by atoms with Gasteiger partial charge in [0.15, 0.2) is 0 Å². The summed E-state index contributed by atoms with van der Waals surface area (Å²) < 4.78 is 0. The number of likely N-dealkylation sites (tertiary alicyclic amines) is 1. The SMILES string of the molecule is O=C(NC[C@@H](c1cccs1)N1CCCC1)c1ccc2ccccc2c1. The number of benzene rings is 2. The predicted octanol–water partition coefficient (Wildman–Crippen LogP) is 4.47. The van der Waals surface area contributed by atoms with Crippen molar-refractivity contribution in [1.82, 2.24) is 10.2 Å². The summed E-state index contributed by atoms with van der Waals surface area (Å²) in [7, 11) is 0. The van der Waals surface area contributed by atoms with E-state index in [0.29, 0.717) is 6.54 Å². The zero-order chi connectivity index (χ0) is 17.1.